The molecule has 1 aliphatic heterocycles. The van der Waals surface area contributed by atoms with Crippen LogP contribution in [0.15, 0.2) is 12.1 Å². The van der Waals surface area contributed by atoms with E-state index in [1.165, 1.54) is 6.07 Å². The molecule has 2 rings (SSSR count). The fraction of sp³-hybridized carbons (Fsp3) is 0.444. The second kappa shape index (κ2) is 3.62. The smallest absolute Gasteiger partial charge is 0.215 e. The van der Waals surface area contributed by atoms with Crippen LogP contribution in [0.1, 0.15) is 13.3 Å². The average Bonchev–Trinajstić information content (AvgIpc) is 1.99. The number of aromatic nitrogens is 1. The molecule has 0 spiro atoms. The zero-order chi connectivity index (χ0) is 10.2. The van der Waals surface area contributed by atoms with E-state index in [2.05, 4.69) is 32.9 Å². The number of nitrogens with one attached hydrogen (secondary N) is 1. The van der Waals surface area contributed by atoms with Crippen LogP contribution in [0.5, 0.6) is 0 Å². The number of rotatable bonds is 2. The normalized spacial score (nSPS) is 25.6. The molecule has 1 aromatic heterocycles. The highest BCUT2D eigenvalue weighted by atomic mass is 127. The first-order chi connectivity index (χ1) is 6.57. The highest BCUT2D eigenvalue weighted by Crippen LogP contribution is 2.27. The Morgan fingerprint density at radius 2 is 2.36 bits per heavy atom. The van der Waals surface area contributed by atoms with Gasteiger partial charge in [-0.05, 0) is 35.6 Å². The summed E-state index contributed by atoms with van der Waals surface area (Å²) in [4.78, 5) is 3.74. The van der Waals surface area contributed by atoms with Gasteiger partial charge in [0, 0.05) is 16.1 Å². The zero-order valence-corrected chi connectivity index (χ0v) is 9.84. The van der Waals surface area contributed by atoms with Crippen LogP contribution in [-0.2, 0) is 4.74 Å². The Morgan fingerprint density at radius 1 is 1.64 bits per heavy atom. The predicted octanol–water partition coefficient (Wildman–Crippen LogP) is 2.37. The van der Waals surface area contributed by atoms with E-state index in [4.69, 9.17) is 4.74 Å². The Labute approximate surface area is 95.2 Å². The lowest BCUT2D eigenvalue weighted by atomic mass is 10.1. The summed E-state index contributed by atoms with van der Waals surface area (Å²) in [5, 5.41) is 3.06. The van der Waals surface area contributed by atoms with Crippen LogP contribution < -0.4 is 5.32 Å². The molecular weight excluding hydrogens is 298 g/mol. The minimum absolute atomic E-state index is 0.371. The van der Waals surface area contributed by atoms with Gasteiger partial charge in [-0.2, -0.15) is 4.39 Å². The van der Waals surface area contributed by atoms with E-state index >= 15 is 0 Å². The molecule has 0 amide bonds. The average molecular weight is 308 g/mol. The number of hydrogen-bond acceptors (Lipinski definition) is 3. The number of hydrogen-bond donors (Lipinski definition) is 1. The maximum atomic E-state index is 12.9. The van der Waals surface area contributed by atoms with E-state index in [1.54, 1.807) is 6.07 Å². The Morgan fingerprint density at radius 3 is 2.86 bits per heavy atom. The molecular formula is C9H10FIN2O. The van der Waals surface area contributed by atoms with Gasteiger partial charge in [0.15, 0.2) is 0 Å². The Hall–Kier alpha value is -0.430. The molecule has 0 aliphatic carbocycles. The SMILES string of the molecule is CC1(Nc2cc(I)cc(F)n2)CCO1. The summed E-state index contributed by atoms with van der Waals surface area (Å²) in [6.45, 7) is 2.67. The highest BCUT2D eigenvalue weighted by molar-refractivity contribution is 14.1. The molecule has 1 aromatic rings. The van der Waals surface area contributed by atoms with Crippen molar-refractivity contribution < 1.29 is 9.13 Å². The number of nitrogens with zero attached hydrogens (tertiary/aromatic N) is 1. The summed E-state index contributed by atoms with van der Waals surface area (Å²) >= 11 is 2.05. The van der Waals surface area contributed by atoms with Crippen LogP contribution in [0.3, 0.4) is 0 Å². The van der Waals surface area contributed by atoms with Gasteiger partial charge in [-0.1, -0.05) is 0 Å². The summed E-state index contributed by atoms with van der Waals surface area (Å²) in [7, 11) is 0. The number of ether oxygens (including phenoxy) is 1. The van der Waals surface area contributed by atoms with Crippen LogP contribution in [-0.4, -0.2) is 17.3 Å². The van der Waals surface area contributed by atoms with Crippen molar-refractivity contribution >= 4 is 28.4 Å². The molecule has 0 saturated carbocycles. The number of anilines is 1. The zero-order valence-electron chi connectivity index (χ0n) is 7.68. The van der Waals surface area contributed by atoms with E-state index in [0.29, 0.717) is 5.82 Å². The van der Waals surface area contributed by atoms with Crippen molar-refractivity contribution in [2.75, 3.05) is 11.9 Å². The van der Waals surface area contributed by atoms with Crippen LogP contribution in [0.4, 0.5) is 10.2 Å². The van der Waals surface area contributed by atoms with Gasteiger partial charge in [0.2, 0.25) is 5.95 Å². The molecule has 1 saturated heterocycles. The first kappa shape index (κ1) is 10.1. The van der Waals surface area contributed by atoms with E-state index in [-0.39, 0.29) is 5.72 Å². The maximum Gasteiger partial charge on any atom is 0.215 e. The summed E-state index contributed by atoms with van der Waals surface area (Å²) < 4.78 is 19.1. The minimum atomic E-state index is -0.470. The van der Waals surface area contributed by atoms with Gasteiger partial charge in [-0.15, -0.1) is 0 Å². The van der Waals surface area contributed by atoms with Gasteiger partial charge < -0.3 is 10.1 Å². The lowest BCUT2D eigenvalue weighted by Crippen LogP contribution is -2.47. The van der Waals surface area contributed by atoms with Gasteiger partial charge in [-0.3, -0.25) is 0 Å². The lowest BCUT2D eigenvalue weighted by Gasteiger charge is -2.39. The topological polar surface area (TPSA) is 34.2 Å². The summed E-state index contributed by atoms with van der Waals surface area (Å²) in [6, 6.07) is 3.17. The van der Waals surface area contributed by atoms with Gasteiger partial charge >= 0.3 is 0 Å². The molecule has 1 atom stereocenters. The molecule has 0 radical (unpaired) electrons. The molecule has 1 fully saturated rings. The van der Waals surface area contributed by atoms with Crippen LogP contribution in [0.2, 0.25) is 0 Å². The van der Waals surface area contributed by atoms with E-state index < -0.39 is 5.95 Å². The third kappa shape index (κ3) is 2.14. The van der Waals surface area contributed by atoms with Gasteiger partial charge in [0.05, 0.1) is 6.61 Å². The second-order valence-electron chi connectivity index (χ2n) is 3.45. The Balaban J connectivity index is 2.16. The number of halogens is 2. The molecule has 1 unspecified atom stereocenters. The Bertz CT molecular complexity index is 334. The fourth-order valence-electron chi connectivity index (χ4n) is 1.31. The van der Waals surface area contributed by atoms with Crippen molar-refractivity contribution in [3.8, 4) is 0 Å². The van der Waals surface area contributed by atoms with Crippen molar-refractivity contribution in [3.05, 3.63) is 21.7 Å². The van der Waals surface area contributed by atoms with E-state index in [9.17, 15) is 4.39 Å². The first-order valence-corrected chi connectivity index (χ1v) is 5.40. The van der Waals surface area contributed by atoms with E-state index in [0.717, 1.165) is 16.6 Å². The Kier molecular flexibility index (Phi) is 2.61. The molecule has 2 heterocycles. The molecule has 3 nitrogen and oxygen atoms in total. The lowest BCUT2D eigenvalue weighted by molar-refractivity contribution is -0.113. The van der Waals surface area contributed by atoms with Crippen molar-refractivity contribution in [2.24, 2.45) is 0 Å². The van der Waals surface area contributed by atoms with Crippen LogP contribution in [0.25, 0.3) is 0 Å². The van der Waals surface area contributed by atoms with E-state index in [1.807, 2.05) is 6.92 Å². The molecule has 76 valence electrons. The maximum absolute atomic E-state index is 12.9. The fourth-order valence-corrected chi connectivity index (χ4v) is 1.86. The minimum Gasteiger partial charge on any atom is -0.356 e. The van der Waals surface area contributed by atoms with Gasteiger partial charge in [0.1, 0.15) is 11.5 Å². The van der Waals surface area contributed by atoms with Crippen molar-refractivity contribution in [1.29, 1.82) is 0 Å². The third-order valence-corrected chi connectivity index (χ3v) is 2.77. The third-order valence-electron chi connectivity index (χ3n) is 2.15. The predicted molar refractivity (Wildman–Crippen MR) is 59.5 cm³/mol. The summed E-state index contributed by atoms with van der Waals surface area (Å²) in [6.07, 6.45) is 0.918. The molecule has 1 N–H and O–H groups in total. The summed E-state index contributed by atoms with van der Waals surface area (Å²) in [5.74, 6) is 0.0546. The molecule has 14 heavy (non-hydrogen) atoms. The van der Waals surface area contributed by atoms with Crippen molar-refractivity contribution in [2.45, 2.75) is 19.1 Å². The van der Waals surface area contributed by atoms with Gasteiger partial charge in [0.25, 0.3) is 0 Å². The molecule has 5 heteroatoms. The van der Waals surface area contributed by atoms with Gasteiger partial charge in [-0.25, -0.2) is 4.98 Å². The second-order valence-corrected chi connectivity index (χ2v) is 4.69. The molecule has 0 aromatic carbocycles. The van der Waals surface area contributed by atoms with Crippen LogP contribution in [0, 0.1) is 9.52 Å². The van der Waals surface area contributed by atoms with Crippen LogP contribution >= 0.6 is 22.6 Å². The standard InChI is InChI=1S/C9H10FIN2O/c1-9(2-3-14-9)13-8-5-6(11)4-7(10)12-8/h4-5H,2-3H2,1H3,(H,12,13). The monoisotopic (exact) mass is 308 g/mol. The highest BCUT2D eigenvalue weighted by Gasteiger charge is 2.33. The van der Waals surface area contributed by atoms with Crippen molar-refractivity contribution in [3.63, 3.8) is 0 Å². The molecule has 1 aliphatic rings. The largest absolute Gasteiger partial charge is 0.356 e. The van der Waals surface area contributed by atoms with Crippen molar-refractivity contribution in [1.82, 2.24) is 4.98 Å². The number of pyridine rings is 1. The molecule has 0 bridgehead atoms. The summed E-state index contributed by atoms with van der Waals surface area (Å²) in [5.41, 5.74) is -0.371. The first-order valence-electron chi connectivity index (χ1n) is 4.33. The quantitative estimate of drug-likeness (QED) is 0.673.